The van der Waals surface area contributed by atoms with E-state index in [1.807, 2.05) is 6.92 Å². The number of anilines is 1. The summed E-state index contributed by atoms with van der Waals surface area (Å²) >= 11 is 0. The highest BCUT2D eigenvalue weighted by Crippen LogP contribution is 2.27. The summed E-state index contributed by atoms with van der Waals surface area (Å²) in [5.74, 6) is -0.935. The Bertz CT molecular complexity index is 536. The average Bonchev–Trinajstić information content (AvgIpc) is 2.77. The SMILES string of the molecule is CCCNC1CCN(c2ccc([N+](=O)[O-])cc2F)C1=O. The lowest BCUT2D eigenvalue weighted by Gasteiger charge is -2.17. The molecule has 1 saturated heterocycles. The van der Waals surface area contributed by atoms with Gasteiger partial charge in [-0.05, 0) is 25.5 Å². The highest BCUT2D eigenvalue weighted by atomic mass is 19.1. The molecule has 7 heteroatoms. The maximum Gasteiger partial charge on any atom is 0.272 e. The molecular weight excluding hydrogens is 265 g/mol. The molecule has 0 aromatic heterocycles. The fraction of sp³-hybridized carbons (Fsp3) is 0.462. The molecule has 0 spiro atoms. The van der Waals surface area contributed by atoms with Gasteiger partial charge in [-0.25, -0.2) is 4.39 Å². The van der Waals surface area contributed by atoms with Crippen molar-refractivity contribution in [2.45, 2.75) is 25.8 Å². The fourth-order valence-corrected chi connectivity index (χ4v) is 2.26. The number of nitrogens with one attached hydrogen (secondary N) is 1. The quantitative estimate of drug-likeness (QED) is 0.660. The number of benzene rings is 1. The van der Waals surface area contributed by atoms with Crippen molar-refractivity contribution >= 4 is 17.3 Å². The third-order valence-electron chi connectivity index (χ3n) is 3.28. The zero-order valence-electron chi connectivity index (χ0n) is 11.1. The largest absolute Gasteiger partial charge is 0.308 e. The number of nitro groups is 1. The predicted molar refractivity (Wildman–Crippen MR) is 72.1 cm³/mol. The highest BCUT2D eigenvalue weighted by Gasteiger charge is 2.33. The van der Waals surface area contributed by atoms with Crippen LogP contribution >= 0.6 is 0 Å². The van der Waals surface area contributed by atoms with Crippen molar-refractivity contribution in [3.8, 4) is 0 Å². The van der Waals surface area contributed by atoms with Crippen LogP contribution < -0.4 is 10.2 Å². The third kappa shape index (κ3) is 2.77. The normalized spacial score (nSPS) is 18.6. The van der Waals surface area contributed by atoms with Crippen LogP contribution in [0.5, 0.6) is 0 Å². The van der Waals surface area contributed by atoms with Gasteiger partial charge in [-0.3, -0.25) is 14.9 Å². The molecule has 1 N–H and O–H groups in total. The van der Waals surface area contributed by atoms with Gasteiger partial charge in [-0.2, -0.15) is 0 Å². The first-order valence-electron chi connectivity index (χ1n) is 6.53. The van der Waals surface area contributed by atoms with Gasteiger partial charge in [0.25, 0.3) is 5.69 Å². The van der Waals surface area contributed by atoms with Crippen molar-refractivity contribution in [2.75, 3.05) is 18.0 Å². The van der Waals surface area contributed by atoms with Crippen LogP contribution in [-0.4, -0.2) is 30.0 Å². The zero-order valence-corrected chi connectivity index (χ0v) is 11.1. The lowest BCUT2D eigenvalue weighted by molar-refractivity contribution is -0.385. The molecule has 0 radical (unpaired) electrons. The monoisotopic (exact) mass is 281 g/mol. The number of hydrogen-bond donors (Lipinski definition) is 1. The van der Waals surface area contributed by atoms with Crippen molar-refractivity contribution in [1.82, 2.24) is 5.32 Å². The Morgan fingerprint density at radius 3 is 2.90 bits per heavy atom. The van der Waals surface area contributed by atoms with E-state index in [4.69, 9.17) is 0 Å². The van der Waals surface area contributed by atoms with Crippen molar-refractivity contribution in [1.29, 1.82) is 0 Å². The molecule has 0 saturated carbocycles. The summed E-state index contributed by atoms with van der Waals surface area (Å²) in [5, 5.41) is 13.7. The van der Waals surface area contributed by atoms with Crippen molar-refractivity contribution in [3.63, 3.8) is 0 Å². The van der Waals surface area contributed by atoms with Gasteiger partial charge in [0.1, 0.15) is 0 Å². The number of hydrogen-bond acceptors (Lipinski definition) is 4. The van der Waals surface area contributed by atoms with E-state index in [1.165, 1.54) is 17.0 Å². The van der Waals surface area contributed by atoms with Crippen molar-refractivity contribution in [3.05, 3.63) is 34.1 Å². The first-order valence-corrected chi connectivity index (χ1v) is 6.53. The summed E-state index contributed by atoms with van der Waals surface area (Å²) in [6.07, 6.45) is 1.52. The molecule has 0 aliphatic carbocycles. The molecule has 0 bridgehead atoms. The molecule has 1 aromatic rings. The lowest BCUT2D eigenvalue weighted by Crippen LogP contribution is -2.38. The van der Waals surface area contributed by atoms with Gasteiger partial charge in [0.15, 0.2) is 5.82 Å². The van der Waals surface area contributed by atoms with Crippen LogP contribution in [0.2, 0.25) is 0 Å². The zero-order chi connectivity index (χ0) is 14.7. The Kier molecular flexibility index (Phi) is 4.29. The van der Waals surface area contributed by atoms with Crippen LogP contribution in [-0.2, 0) is 4.79 Å². The number of nitro benzene ring substituents is 1. The Balaban J connectivity index is 2.17. The summed E-state index contributed by atoms with van der Waals surface area (Å²) in [6.45, 7) is 3.14. The molecule has 6 nitrogen and oxygen atoms in total. The Hall–Kier alpha value is -2.02. The van der Waals surface area contributed by atoms with Gasteiger partial charge < -0.3 is 10.2 Å². The molecule has 1 unspecified atom stereocenters. The van der Waals surface area contributed by atoms with Crippen molar-refractivity contribution < 1.29 is 14.1 Å². The minimum Gasteiger partial charge on any atom is -0.308 e. The van der Waals surface area contributed by atoms with Crippen LogP contribution in [0.4, 0.5) is 15.8 Å². The second-order valence-electron chi connectivity index (χ2n) is 4.68. The second-order valence-corrected chi connectivity index (χ2v) is 4.68. The average molecular weight is 281 g/mol. The molecule has 2 rings (SSSR count). The van der Waals surface area contributed by atoms with Gasteiger partial charge in [-0.1, -0.05) is 6.92 Å². The topological polar surface area (TPSA) is 75.5 Å². The smallest absolute Gasteiger partial charge is 0.272 e. The molecule has 1 aromatic carbocycles. The standard InChI is InChI=1S/C13H16FN3O3/c1-2-6-15-11-5-7-16(13(11)18)12-4-3-9(17(19)20)8-10(12)14/h3-4,8,11,15H,2,5-7H2,1H3. The molecule has 1 atom stereocenters. The Labute approximate surface area is 115 Å². The van der Waals surface area contributed by atoms with Crippen molar-refractivity contribution in [2.24, 2.45) is 0 Å². The number of amides is 1. The predicted octanol–water partition coefficient (Wildman–Crippen LogP) is 1.84. The highest BCUT2D eigenvalue weighted by molar-refractivity contribution is 5.99. The summed E-state index contributed by atoms with van der Waals surface area (Å²) in [6, 6.07) is 3.03. The third-order valence-corrected chi connectivity index (χ3v) is 3.28. The number of halogens is 1. The molecular formula is C13H16FN3O3. The number of nitrogens with zero attached hydrogens (tertiary/aromatic N) is 2. The molecule has 1 heterocycles. The maximum absolute atomic E-state index is 13.9. The fourth-order valence-electron chi connectivity index (χ4n) is 2.26. The molecule has 108 valence electrons. The van der Waals surface area contributed by atoms with E-state index in [-0.39, 0.29) is 23.3 Å². The Morgan fingerprint density at radius 2 is 2.30 bits per heavy atom. The van der Waals surface area contributed by atoms with E-state index in [9.17, 15) is 19.3 Å². The lowest BCUT2D eigenvalue weighted by atomic mass is 10.2. The van der Waals surface area contributed by atoms with Crippen LogP contribution in [0.15, 0.2) is 18.2 Å². The van der Waals surface area contributed by atoms with Gasteiger partial charge in [0.2, 0.25) is 5.91 Å². The number of rotatable bonds is 5. The first-order chi connectivity index (χ1) is 9.54. The Morgan fingerprint density at radius 1 is 1.55 bits per heavy atom. The molecule has 1 amide bonds. The molecule has 1 aliphatic heterocycles. The first kappa shape index (κ1) is 14.4. The summed E-state index contributed by atoms with van der Waals surface area (Å²) in [7, 11) is 0. The van der Waals surface area contributed by atoms with E-state index in [0.717, 1.165) is 19.0 Å². The van der Waals surface area contributed by atoms with E-state index in [2.05, 4.69) is 5.32 Å². The van der Waals surface area contributed by atoms with E-state index < -0.39 is 10.7 Å². The molecule has 1 aliphatic rings. The van der Waals surface area contributed by atoms with Crippen LogP contribution in [0.3, 0.4) is 0 Å². The van der Waals surface area contributed by atoms with Gasteiger partial charge >= 0.3 is 0 Å². The minimum absolute atomic E-state index is 0.0985. The number of carbonyl (C=O) groups excluding carboxylic acids is 1. The summed E-state index contributed by atoms with van der Waals surface area (Å²) in [5.41, 5.74) is -0.222. The summed E-state index contributed by atoms with van der Waals surface area (Å²) < 4.78 is 13.9. The van der Waals surface area contributed by atoms with Crippen LogP contribution in [0.25, 0.3) is 0 Å². The molecule has 20 heavy (non-hydrogen) atoms. The van der Waals surface area contributed by atoms with Gasteiger partial charge in [0, 0.05) is 12.6 Å². The van der Waals surface area contributed by atoms with E-state index >= 15 is 0 Å². The summed E-state index contributed by atoms with van der Waals surface area (Å²) in [4.78, 5) is 23.4. The number of non-ortho nitro benzene ring substituents is 1. The maximum atomic E-state index is 13.9. The van der Waals surface area contributed by atoms with E-state index in [0.29, 0.717) is 13.0 Å². The van der Waals surface area contributed by atoms with E-state index in [1.54, 1.807) is 0 Å². The molecule has 1 fully saturated rings. The minimum atomic E-state index is -0.747. The van der Waals surface area contributed by atoms with Gasteiger partial charge in [0.05, 0.1) is 22.7 Å². The second kappa shape index (κ2) is 5.96. The van der Waals surface area contributed by atoms with Crippen LogP contribution in [0.1, 0.15) is 19.8 Å². The number of carbonyl (C=O) groups is 1. The van der Waals surface area contributed by atoms with Crippen LogP contribution in [0, 0.1) is 15.9 Å². The van der Waals surface area contributed by atoms with Gasteiger partial charge in [-0.15, -0.1) is 0 Å².